The van der Waals surface area contributed by atoms with E-state index in [0.29, 0.717) is 26.1 Å². The summed E-state index contributed by atoms with van der Waals surface area (Å²) in [6, 6.07) is -0.0508. The Kier molecular flexibility index (Phi) is 4.76. The van der Waals surface area contributed by atoms with Gasteiger partial charge in [0.1, 0.15) is 0 Å². The quantitative estimate of drug-likeness (QED) is 0.717. The van der Waals surface area contributed by atoms with Gasteiger partial charge in [0, 0.05) is 43.6 Å². The van der Waals surface area contributed by atoms with E-state index in [-0.39, 0.29) is 22.9 Å². The average molecular weight is 296 g/mol. The molecule has 6 nitrogen and oxygen atoms in total. The Morgan fingerprint density at radius 3 is 2.76 bits per heavy atom. The third kappa shape index (κ3) is 3.67. The molecule has 0 aromatic carbocycles. The number of urea groups is 1. The highest BCUT2D eigenvalue weighted by Crippen LogP contribution is 2.35. The van der Waals surface area contributed by atoms with E-state index in [0.717, 1.165) is 32.2 Å². The minimum Gasteiger partial charge on any atom is -0.355 e. The lowest BCUT2D eigenvalue weighted by Gasteiger charge is -2.39. The molecule has 4 N–H and O–H groups in total. The van der Waals surface area contributed by atoms with E-state index in [1.807, 2.05) is 18.7 Å². The highest BCUT2D eigenvalue weighted by molar-refractivity contribution is 5.80. The van der Waals surface area contributed by atoms with Gasteiger partial charge < -0.3 is 21.3 Å². The molecule has 2 saturated heterocycles. The van der Waals surface area contributed by atoms with Crippen LogP contribution in [0, 0.1) is 5.41 Å². The molecule has 120 valence electrons. The van der Waals surface area contributed by atoms with Gasteiger partial charge >= 0.3 is 6.03 Å². The van der Waals surface area contributed by atoms with Crippen molar-refractivity contribution < 1.29 is 9.59 Å². The molecule has 1 spiro atoms. The maximum absolute atomic E-state index is 12.4. The molecule has 0 aromatic heterocycles. The van der Waals surface area contributed by atoms with Crippen molar-refractivity contribution in [3.63, 3.8) is 0 Å². The van der Waals surface area contributed by atoms with Crippen LogP contribution in [-0.4, -0.2) is 48.6 Å². The van der Waals surface area contributed by atoms with E-state index >= 15 is 0 Å². The summed E-state index contributed by atoms with van der Waals surface area (Å²) in [5.41, 5.74) is 5.84. The molecular formula is C15H28N4O2. The van der Waals surface area contributed by atoms with Gasteiger partial charge in [-0.3, -0.25) is 4.79 Å². The van der Waals surface area contributed by atoms with Crippen molar-refractivity contribution in [1.82, 2.24) is 15.5 Å². The average Bonchev–Trinajstić information content (AvgIpc) is 2.84. The second-order valence-corrected chi connectivity index (χ2v) is 6.71. The normalized spacial score (nSPS) is 26.0. The van der Waals surface area contributed by atoms with Gasteiger partial charge in [0.15, 0.2) is 0 Å². The number of piperidine rings is 1. The Hall–Kier alpha value is -1.30. The van der Waals surface area contributed by atoms with E-state index in [2.05, 4.69) is 10.6 Å². The van der Waals surface area contributed by atoms with Crippen LogP contribution < -0.4 is 16.4 Å². The molecule has 1 atom stereocenters. The summed E-state index contributed by atoms with van der Waals surface area (Å²) in [5.74, 6) is 0.107. The van der Waals surface area contributed by atoms with E-state index in [1.54, 1.807) is 0 Å². The molecule has 1 unspecified atom stereocenters. The Bertz CT molecular complexity index is 408. The molecule has 0 radical (unpaired) electrons. The summed E-state index contributed by atoms with van der Waals surface area (Å²) >= 11 is 0. The van der Waals surface area contributed by atoms with Gasteiger partial charge in [0.2, 0.25) is 5.91 Å². The van der Waals surface area contributed by atoms with Crippen molar-refractivity contribution in [2.24, 2.45) is 11.1 Å². The number of carbonyl (C=O) groups is 2. The third-order valence-electron chi connectivity index (χ3n) is 5.14. The van der Waals surface area contributed by atoms with Crippen LogP contribution in [0.2, 0.25) is 0 Å². The zero-order valence-electron chi connectivity index (χ0n) is 13.2. The number of nitrogens with one attached hydrogen (secondary N) is 2. The molecule has 3 amide bonds. The first kappa shape index (κ1) is 16.1. The zero-order chi connectivity index (χ0) is 15.5. The highest BCUT2D eigenvalue weighted by Gasteiger charge is 2.42. The minimum absolute atomic E-state index is 0.0508. The smallest absolute Gasteiger partial charge is 0.317 e. The lowest BCUT2D eigenvalue weighted by atomic mass is 9.79. The molecule has 6 heteroatoms. The molecule has 21 heavy (non-hydrogen) atoms. The molecule has 2 fully saturated rings. The maximum atomic E-state index is 12.4. The third-order valence-corrected chi connectivity index (χ3v) is 5.14. The molecule has 0 saturated carbocycles. The minimum atomic E-state index is -0.325. The lowest BCUT2D eigenvalue weighted by molar-refractivity contribution is -0.119. The first-order valence-corrected chi connectivity index (χ1v) is 8.00. The summed E-state index contributed by atoms with van der Waals surface area (Å²) < 4.78 is 0. The number of nitrogens with two attached hydrogens (primary N) is 1. The number of carbonyl (C=O) groups excluding carboxylic acids is 2. The molecule has 0 bridgehead atoms. The van der Waals surface area contributed by atoms with Crippen LogP contribution in [-0.2, 0) is 4.79 Å². The van der Waals surface area contributed by atoms with Gasteiger partial charge in [0.05, 0.1) is 0 Å². The predicted octanol–water partition coefficient (Wildman–Crippen LogP) is 0.816. The monoisotopic (exact) mass is 296 g/mol. The van der Waals surface area contributed by atoms with Crippen molar-refractivity contribution in [2.45, 2.75) is 51.5 Å². The largest absolute Gasteiger partial charge is 0.355 e. The second-order valence-electron chi connectivity index (χ2n) is 6.71. The number of hydrogen-bond donors (Lipinski definition) is 3. The van der Waals surface area contributed by atoms with Crippen LogP contribution in [0.25, 0.3) is 0 Å². The summed E-state index contributed by atoms with van der Waals surface area (Å²) in [7, 11) is 0. The van der Waals surface area contributed by atoms with Gasteiger partial charge in [-0.15, -0.1) is 0 Å². The summed E-state index contributed by atoms with van der Waals surface area (Å²) in [4.78, 5) is 25.7. The first-order valence-electron chi connectivity index (χ1n) is 8.00. The Balaban J connectivity index is 1.89. The zero-order valence-corrected chi connectivity index (χ0v) is 13.2. The predicted molar refractivity (Wildman–Crippen MR) is 81.8 cm³/mol. The van der Waals surface area contributed by atoms with Gasteiger partial charge in [-0.25, -0.2) is 4.79 Å². The topological polar surface area (TPSA) is 87.5 Å². The lowest BCUT2D eigenvalue weighted by Crippen LogP contribution is -2.55. The molecule has 2 aliphatic rings. The molecule has 2 heterocycles. The molecule has 2 rings (SSSR count). The van der Waals surface area contributed by atoms with Gasteiger partial charge in [-0.1, -0.05) is 13.8 Å². The molecule has 0 aliphatic carbocycles. The molecule has 0 aromatic rings. The van der Waals surface area contributed by atoms with Crippen molar-refractivity contribution in [2.75, 3.05) is 26.2 Å². The fraction of sp³-hybridized carbons (Fsp3) is 0.867. The van der Waals surface area contributed by atoms with Gasteiger partial charge in [-0.05, 0) is 25.7 Å². The Labute approximate surface area is 126 Å². The van der Waals surface area contributed by atoms with Crippen LogP contribution in [0.3, 0.4) is 0 Å². The molecular weight excluding hydrogens is 268 g/mol. The summed E-state index contributed by atoms with van der Waals surface area (Å²) in [6.07, 6.45) is 4.19. The van der Waals surface area contributed by atoms with E-state index in [4.69, 9.17) is 5.73 Å². The van der Waals surface area contributed by atoms with Crippen LogP contribution >= 0.6 is 0 Å². The van der Waals surface area contributed by atoms with Crippen LogP contribution in [0.15, 0.2) is 0 Å². The molecule has 2 aliphatic heterocycles. The number of nitrogens with zero attached hydrogens (tertiary/aromatic N) is 1. The van der Waals surface area contributed by atoms with E-state index in [1.165, 1.54) is 0 Å². The van der Waals surface area contributed by atoms with Crippen molar-refractivity contribution in [3.05, 3.63) is 0 Å². The van der Waals surface area contributed by atoms with E-state index < -0.39 is 0 Å². The van der Waals surface area contributed by atoms with Crippen molar-refractivity contribution in [1.29, 1.82) is 0 Å². The Morgan fingerprint density at radius 1 is 1.48 bits per heavy atom. The van der Waals surface area contributed by atoms with Crippen molar-refractivity contribution in [3.8, 4) is 0 Å². The van der Waals surface area contributed by atoms with Gasteiger partial charge in [0.25, 0.3) is 0 Å². The SMILES string of the molecule is CCC(N)(CC)CNC(=O)N1CCCC2(CNC(=O)C2)C1. The fourth-order valence-corrected chi connectivity index (χ4v) is 3.28. The highest BCUT2D eigenvalue weighted by atomic mass is 16.2. The summed E-state index contributed by atoms with van der Waals surface area (Å²) in [5, 5.41) is 5.87. The summed E-state index contributed by atoms with van der Waals surface area (Å²) in [6.45, 7) is 6.70. The second kappa shape index (κ2) is 6.22. The Morgan fingerprint density at radius 2 is 2.19 bits per heavy atom. The van der Waals surface area contributed by atoms with Crippen LogP contribution in [0.4, 0.5) is 4.79 Å². The maximum Gasteiger partial charge on any atom is 0.317 e. The number of amides is 3. The van der Waals surface area contributed by atoms with Crippen LogP contribution in [0.1, 0.15) is 46.0 Å². The van der Waals surface area contributed by atoms with Crippen molar-refractivity contribution >= 4 is 11.9 Å². The number of hydrogen-bond acceptors (Lipinski definition) is 3. The fourth-order valence-electron chi connectivity index (χ4n) is 3.28. The van der Waals surface area contributed by atoms with Crippen LogP contribution in [0.5, 0.6) is 0 Å². The number of likely N-dealkylation sites (tertiary alicyclic amines) is 1. The number of rotatable bonds is 4. The standard InChI is InChI=1S/C15H28N4O2/c1-3-15(16,4-2)10-18-13(21)19-7-5-6-14(11-19)8-12(20)17-9-14/h3-11,16H2,1-2H3,(H,17,20)(H,18,21). The first-order chi connectivity index (χ1) is 9.92. The van der Waals surface area contributed by atoms with Gasteiger partial charge in [-0.2, -0.15) is 0 Å². The van der Waals surface area contributed by atoms with E-state index in [9.17, 15) is 9.59 Å².